The van der Waals surface area contributed by atoms with Crippen LogP contribution in [0.4, 0.5) is 0 Å². The SMILES string of the molecule is COCCN1CCC(CN(C)Cc2ccccc2OCCCCN2CCCCC2)C1. The van der Waals surface area contributed by atoms with Crippen molar-refractivity contribution >= 4 is 0 Å². The minimum Gasteiger partial charge on any atom is -0.493 e. The van der Waals surface area contributed by atoms with Gasteiger partial charge in [0.25, 0.3) is 0 Å². The van der Waals surface area contributed by atoms with Gasteiger partial charge in [0.05, 0.1) is 13.2 Å². The van der Waals surface area contributed by atoms with E-state index in [2.05, 4.69) is 46.0 Å². The molecule has 0 bridgehead atoms. The normalized spacial score (nSPS) is 20.8. The van der Waals surface area contributed by atoms with Crippen LogP contribution in [-0.2, 0) is 11.3 Å². The summed E-state index contributed by atoms with van der Waals surface area (Å²) in [6, 6.07) is 8.58. The van der Waals surface area contributed by atoms with Gasteiger partial charge in [0, 0.05) is 38.9 Å². The first-order valence-electron chi connectivity index (χ1n) is 12.1. The van der Waals surface area contributed by atoms with Crippen molar-refractivity contribution in [2.45, 2.75) is 45.1 Å². The van der Waals surface area contributed by atoms with E-state index in [-0.39, 0.29) is 0 Å². The molecular weight excluding hydrogens is 374 g/mol. The van der Waals surface area contributed by atoms with Gasteiger partial charge < -0.3 is 24.2 Å². The lowest BCUT2D eigenvalue weighted by molar-refractivity contribution is 0.157. The van der Waals surface area contributed by atoms with Gasteiger partial charge in [-0.1, -0.05) is 24.6 Å². The first-order chi connectivity index (χ1) is 14.7. The number of hydrogen-bond acceptors (Lipinski definition) is 5. The molecule has 1 unspecified atom stereocenters. The second-order valence-electron chi connectivity index (χ2n) is 9.21. The predicted octanol–water partition coefficient (Wildman–Crippen LogP) is 3.73. The zero-order chi connectivity index (χ0) is 21.0. The Balaban J connectivity index is 1.35. The molecule has 0 aliphatic carbocycles. The van der Waals surface area contributed by atoms with Crippen molar-refractivity contribution in [3.8, 4) is 5.75 Å². The van der Waals surface area contributed by atoms with Crippen LogP contribution in [0.1, 0.15) is 44.1 Å². The summed E-state index contributed by atoms with van der Waals surface area (Å²) in [6.07, 6.45) is 7.84. The van der Waals surface area contributed by atoms with Crippen LogP contribution in [0.15, 0.2) is 24.3 Å². The van der Waals surface area contributed by atoms with E-state index in [9.17, 15) is 0 Å². The van der Waals surface area contributed by atoms with Crippen LogP contribution < -0.4 is 4.74 Å². The maximum absolute atomic E-state index is 6.19. The average Bonchev–Trinajstić information content (AvgIpc) is 3.21. The highest BCUT2D eigenvalue weighted by Gasteiger charge is 2.23. The minimum absolute atomic E-state index is 0.759. The number of unbranched alkanes of at least 4 members (excludes halogenated alkanes) is 1. The molecule has 5 heteroatoms. The van der Waals surface area contributed by atoms with Gasteiger partial charge in [-0.2, -0.15) is 0 Å². The highest BCUT2D eigenvalue weighted by atomic mass is 16.5. The van der Waals surface area contributed by atoms with Gasteiger partial charge in [0.15, 0.2) is 0 Å². The summed E-state index contributed by atoms with van der Waals surface area (Å²) in [5.41, 5.74) is 1.31. The molecule has 0 N–H and O–H groups in total. The number of rotatable bonds is 13. The van der Waals surface area contributed by atoms with Crippen LogP contribution in [0.2, 0.25) is 0 Å². The van der Waals surface area contributed by atoms with Gasteiger partial charge in [-0.05, 0) is 77.3 Å². The second-order valence-corrected chi connectivity index (χ2v) is 9.21. The van der Waals surface area contributed by atoms with Crippen molar-refractivity contribution in [2.75, 3.05) is 73.2 Å². The third kappa shape index (κ3) is 8.18. The zero-order valence-corrected chi connectivity index (χ0v) is 19.4. The number of ether oxygens (including phenoxy) is 2. The molecule has 1 atom stereocenters. The largest absolute Gasteiger partial charge is 0.493 e. The first kappa shape index (κ1) is 23.5. The molecule has 30 heavy (non-hydrogen) atoms. The molecule has 2 aliphatic heterocycles. The summed E-state index contributed by atoms with van der Waals surface area (Å²) in [5.74, 6) is 1.82. The monoisotopic (exact) mass is 417 g/mol. The van der Waals surface area contributed by atoms with Crippen molar-refractivity contribution in [3.05, 3.63) is 29.8 Å². The third-order valence-electron chi connectivity index (χ3n) is 6.54. The van der Waals surface area contributed by atoms with Crippen LogP contribution >= 0.6 is 0 Å². The quantitative estimate of drug-likeness (QED) is 0.456. The predicted molar refractivity (Wildman–Crippen MR) is 124 cm³/mol. The summed E-state index contributed by atoms with van der Waals surface area (Å²) >= 11 is 0. The highest BCUT2D eigenvalue weighted by Crippen LogP contribution is 2.22. The maximum Gasteiger partial charge on any atom is 0.123 e. The Morgan fingerprint density at radius 3 is 2.63 bits per heavy atom. The molecule has 0 aromatic heterocycles. The Kier molecular flexibility index (Phi) is 10.4. The maximum atomic E-state index is 6.19. The molecule has 0 radical (unpaired) electrons. The molecule has 170 valence electrons. The van der Waals surface area contributed by atoms with E-state index in [1.807, 2.05) is 0 Å². The molecule has 2 heterocycles. The molecular formula is C25H43N3O2. The fourth-order valence-corrected chi connectivity index (χ4v) is 4.86. The Morgan fingerprint density at radius 2 is 1.80 bits per heavy atom. The number of nitrogens with zero attached hydrogens (tertiary/aromatic N) is 3. The van der Waals surface area contributed by atoms with Crippen LogP contribution in [-0.4, -0.2) is 87.9 Å². The van der Waals surface area contributed by atoms with Crippen molar-refractivity contribution in [1.29, 1.82) is 0 Å². The van der Waals surface area contributed by atoms with Crippen molar-refractivity contribution in [3.63, 3.8) is 0 Å². The van der Waals surface area contributed by atoms with E-state index >= 15 is 0 Å². The molecule has 2 fully saturated rings. The molecule has 0 spiro atoms. The van der Waals surface area contributed by atoms with Crippen molar-refractivity contribution in [1.82, 2.24) is 14.7 Å². The van der Waals surface area contributed by atoms with E-state index in [1.54, 1.807) is 7.11 Å². The molecule has 3 rings (SSSR count). The van der Waals surface area contributed by atoms with Gasteiger partial charge in [-0.3, -0.25) is 0 Å². The first-order valence-corrected chi connectivity index (χ1v) is 12.1. The number of piperidine rings is 1. The van der Waals surface area contributed by atoms with Gasteiger partial charge >= 0.3 is 0 Å². The highest BCUT2D eigenvalue weighted by molar-refractivity contribution is 5.33. The zero-order valence-electron chi connectivity index (χ0n) is 19.4. The summed E-state index contributed by atoms with van der Waals surface area (Å²) in [5, 5.41) is 0. The van der Waals surface area contributed by atoms with Crippen LogP contribution in [0.3, 0.4) is 0 Å². The minimum atomic E-state index is 0.759. The fraction of sp³-hybridized carbons (Fsp3) is 0.760. The Morgan fingerprint density at radius 1 is 0.967 bits per heavy atom. The number of benzene rings is 1. The second kappa shape index (κ2) is 13.3. The van der Waals surface area contributed by atoms with Crippen molar-refractivity contribution in [2.24, 2.45) is 5.92 Å². The summed E-state index contributed by atoms with van der Waals surface area (Å²) < 4.78 is 11.4. The topological polar surface area (TPSA) is 28.2 Å². The van der Waals surface area contributed by atoms with Gasteiger partial charge in [-0.25, -0.2) is 0 Å². The third-order valence-corrected chi connectivity index (χ3v) is 6.54. The number of methoxy groups -OCH3 is 1. The number of hydrogen-bond donors (Lipinski definition) is 0. The lowest BCUT2D eigenvalue weighted by atomic mass is 10.1. The van der Waals surface area contributed by atoms with E-state index in [0.717, 1.165) is 50.9 Å². The van der Waals surface area contributed by atoms with Crippen LogP contribution in [0.5, 0.6) is 5.75 Å². The molecule has 1 aromatic rings. The number of likely N-dealkylation sites (tertiary alicyclic amines) is 2. The smallest absolute Gasteiger partial charge is 0.123 e. The van der Waals surface area contributed by atoms with Gasteiger partial charge in [0.2, 0.25) is 0 Å². The lowest BCUT2D eigenvalue weighted by Gasteiger charge is -2.26. The Hall–Kier alpha value is -1.14. The molecule has 1 aromatic carbocycles. The number of para-hydroxylation sites is 1. The van der Waals surface area contributed by atoms with Gasteiger partial charge in [-0.15, -0.1) is 0 Å². The van der Waals surface area contributed by atoms with Crippen molar-refractivity contribution < 1.29 is 9.47 Å². The molecule has 5 nitrogen and oxygen atoms in total. The fourth-order valence-electron chi connectivity index (χ4n) is 4.86. The summed E-state index contributed by atoms with van der Waals surface area (Å²) in [7, 11) is 4.03. The van der Waals surface area contributed by atoms with Gasteiger partial charge in [0.1, 0.15) is 5.75 Å². The van der Waals surface area contributed by atoms with E-state index in [0.29, 0.717) is 0 Å². The Bertz CT molecular complexity index is 592. The average molecular weight is 418 g/mol. The molecule has 2 saturated heterocycles. The van der Waals surface area contributed by atoms with Crippen LogP contribution in [0.25, 0.3) is 0 Å². The Labute approximate surface area is 184 Å². The van der Waals surface area contributed by atoms with Crippen LogP contribution in [0, 0.1) is 5.92 Å². The van der Waals surface area contributed by atoms with E-state index in [4.69, 9.17) is 9.47 Å². The van der Waals surface area contributed by atoms with E-state index < -0.39 is 0 Å². The van der Waals surface area contributed by atoms with E-state index in [1.165, 1.54) is 70.4 Å². The summed E-state index contributed by atoms with van der Waals surface area (Å²) in [6.45, 7) is 11.1. The molecule has 0 saturated carbocycles. The standard InChI is InChI=1S/C25H43N3O2/c1-26(20-23-12-16-28(21-23)17-19-29-2)22-24-10-4-5-11-25(24)30-18-9-8-15-27-13-6-3-7-14-27/h4-5,10-11,23H,3,6-9,12-22H2,1-2H3. The molecule has 2 aliphatic rings. The summed E-state index contributed by atoms with van der Waals surface area (Å²) in [4.78, 5) is 7.61. The lowest BCUT2D eigenvalue weighted by Crippen LogP contribution is -2.30. The molecule has 0 amide bonds.